The number of carbonyl (C=O) groups excluding carboxylic acids is 2. The fourth-order valence-electron chi connectivity index (χ4n) is 3.69. The first-order chi connectivity index (χ1) is 16.0. The lowest BCUT2D eigenvalue weighted by Gasteiger charge is -2.17. The third-order valence-electron chi connectivity index (χ3n) is 5.31. The number of para-hydroxylation sites is 1. The monoisotopic (exact) mass is 445 g/mol. The van der Waals surface area contributed by atoms with Gasteiger partial charge >= 0.3 is 6.03 Å². The smallest absolute Gasteiger partial charge is 0.323 e. The number of urea groups is 1. The van der Waals surface area contributed by atoms with Crippen molar-refractivity contribution in [1.82, 2.24) is 0 Å². The van der Waals surface area contributed by atoms with Crippen LogP contribution in [0, 0.1) is 10.1 Å². The molecule has 3 amide bonds. The van der Waals surface area contributed by atoms with Crippen LogP contribution >= 0.6 is 0 Å². The van der Waals surface area contributed by atoms with E-state index >= 15 is 0 Å². The molecule has 168 valence electrons. The van der Waals surface area contributed by atoms with Crippen molar-refractivity contribution < 1.29 is 14.5 Å². The number of nitro benzene ring substituents is 1. The highest BCUT2D eigenvalue weighted by molar-refractivity contribution is 6.05. The molecule has 1 aliphatic rings. The second-order valence-corrected chi connectivity index (χ2v) is 7.63. The highest BCUT2D eigenvalue weighted by Gasteiger charge is 2.23. The average Bonchev–Trinajstić information content (AvgIpc) is 3.35. The number of anilines is 4. The molecule has 1 fully saturated rings. The summed E-state index contributed by atoms with van der Waals surface area (Å²) in [6.07, 6.45) is 2.00. The molecule has 0 aromatic heterocycles. The van der Waals surface area contributed by atoms with E-state index in [1.165, 1.54) is 6.07 Å². The summed E-state index contributed by atoms with van der Waals surface area (Å²) in [7, 11) is 0. The first kappa shape index (κ1) is 21.8. The van der Waals surface area contributed by atoms with Crippen LogP contribution in [0.1, 0.15) is 23.2 Å². The molecule has 9 heteroatoms. The van der Waals surface area contributed by atoms with E-state index < -0.39 is 10.8 Å². The van der Waals surface area contributed by atoms with Gasteiger partial charge in [-0.3, -0.25) is 14.9 Å². The fourth-order valence-corrected chi connectivity index (χ4v) is 3.69. The van der Waals surface area contributed by atoms with Gasteiger partial charge in [0.05, 0.1) is 4.92 Å². The Labute approximate surface area is 190 Å². The van der Waals surface area contributed by atoms with Crippen LogP contribution in [-0.4, -0.2) is 30.0 Å². The summed E-state index contributed by atoms with van der Waals surface area (Å²) in [5.74, 6) is -0.450. The van der Waals surface area contributed by atoms with Crippen molar-refractivity contribution >= 4 is 40.4 Å². The van der Waals surface area contributed by atoms with E-state index in [1.807, 2.05) is 23.1 Å². The van der Waals surface area contributed by atoms with E-state index in [4.69, 9.17) is 0 Å². The van der Waals surface area contributed by atoms with Crippen LogP contribution in [0.3, 0.4) is 0 Å². The maximum absolute atomic E-state index is 12.7. The van der Waals surface area contributed by atoms with E-state index in [1.54, 1.807) is 48.5 Å². The number of nitrogens with zero attached hydrogens (tertiary/aromatic N) is 2. The van der Waals surface area contributed by atoms with Crippen LogP contribution in [0.4, 0.5) is 33.2 Å². The number of hydrogen-bond acceptors (Lipinski definition) is 5. The summed E-state index contributed by atoms with van der Waals surface area (Å²) in [4.78, 5) is 37.8. The first-order valence-electron chi connectivity index (χ1n) is 10.6. The van der Waals surface area contributed by atoms with Gasteiger partial charge in [0.15, 0.2) is 0 Å². The third-order valence-corrected chi connectivity index (χ3v) is 5.31. The van der Waals surface area contributed by atoms with Crippen LogP contribution in [0.15, 0.2) is 72.8 Å². The van der Waals surface area contributed by atoms with Gasteiger partial charge < -0.3 is 20.9 Å². The van der Waals surface area contributed by atoms with E-state index in [0.717, 1.165) is 25.9 Å². The molecule has 0 aliphatic carbocycles. The van der Waals surface area contributed by atoms with Crippen LogP contribution < -0.4 is 20.9 Å². The number of benzene rings is 3. The predicted molar refractivity (Wildman–Crippen MR) is 128 cm³/mol. The molecule has 0 radical (unpaired) electrons. The number of amides is 3. The van der Waals surface area contributed by atoms with Crippen molar-refractivity contribution in [2.45, 2.75) is 12.8 Å². The zero-order valence-corrected chi connectivity index (χ0v) is 17.8. The Balaban J connectivity index is 1.39. The molecule has 0 spiro atoms. The Hall–Kier alpha value is -4.40. The second-order valence-electron chi connectivity index (χ2n) is 7.63. The average molecular weight is 445 g/mol. The van der Waals surface area contributed by atoms with E-state index in [-0.39, 0.29) is 17.3 Å². The van der Waals surface area contributed by atoms with Gasteiger partial charge in [0, 0.05) is 41.8 Å². The van der Waals surface area contributed by atoms with Crippen LogP contribution in [0.2, 0.25) is 0 Å². The zero-order chi connectivity index (χ0) is 23.2. The minimum atomic E-state index is -0.453. The van der Waals surface area contributed by atoms with Crippen molar-refractivity contribution in [2.75, 3.05) is 33.9 Å². The topological polar surface area (TPSA) is 117 Å². The van der Waals surface area contributed by atoms with Gasteiger partial charge in [-0.1, -0.05) is 18.2 Å². The number of carbonyl (C=O) groups is 2. The summed E-state index contributed by atoms with van der Waals surface area (Å²) in [6.45, 7) is 1.55. The lowest BCUT2D eigenvalue weighted by Crippen LogP contribution is -2.20. The maximum atomic E-state index is 12.7. The van der Waals surface area contributed by atoms with Gasteiger partial charge in [-0.05, 0) is 61.4 Å². The largest absolute Gasteiger partial charge is 0.366 e. The van der Waals surface area contributed by atoms with Crippen molar-refractivity contribution in [3.8, 4) is 0 Å². The molecule has 0 bridgehead atoms. The molecule has 0 atom stereocenters. The molecule has 1 aliphatic heterocycles. The van der Waals surface area contributed by atoms with E-state index in [9.17, 15) is 19.7 Å². The van der Waals surface area contributed by atoms with E-state index in [0.29, 0.717) is 22.7 Å². The molecule has 3 aromatic rings. The number of nitrogens with one attached hydrogen (secondary N) is 3. The highest BCUT2D eigenvalue weighted by Crippen LogP contribution is 2.32. The Morgan fingerprint density at radius 2 is 1.36 bits per heavy atom. The molecule has 4 rings (SSSR count). The summed E-state index contributed by atoms with van der Waals surface area (Å²) < 4.78 is 0. The van der Waals surface area contributed by atoms with Gasteiger partial charge in [-0.2, -0.15) is 0 Å². The predicted octanol–water partition coefficient (Wildman–Crippen LogP) is 5.09. The molecular formula is C24H23N5O4. The lowest BCUT2D eigenvalue weighted by molar-refractivity contribution is -0.384. The normalized spacial score (nSPS) is 12.8. The van der Waals surface area contributed by atoms with Crippen molar-refractivity contribution in [3.63, 3.8) is 0 Å². The number of hydrogen-bond donors (Lipinski definition) is 3. The minimum absolute atomic E-state index is 0.0754. The summed E-state index contributed by atoms with van der Waals surface area (Å²) in [5, 5.41) is 19.7. The first-order valence-corrected chi connectivity index (χ1v) is 10.6. The number of rotatable bonds is 6. The SMILES string of the molecule is O=C(Nc1ccccc1)Nc1ccc(NC(=O)c2ccc(N3CCCC3)c([N+](=O)[O-])c2)cc1. The maximum Gasteiger partial charge on any atom is 0.323 e. The van der Waals surface area contributed by atoms with Gasteiger partial charge in [0.2, 0.25) is 0 Å². The Morgan fingerprint density at radius 3 is 1.97 bits per heavy atom. The lowest BCUT2D eigenvalue weighted by atomic mass is 10.1. The highest BCUT2D eigenvalue weighted by atomic mass is 16.6. The summed E-state index contributed by atoms with van der Waals surface area (Å²) >= 11 is 0. The van der Waals surface area contributed by atoms with Crippen LogP contribution in [0.5, 0.6) is 0 Å². The van der Waals surface area contributed by atoms with Crippen molar-refractivity contribution in [2.24, 2.45) is 0 Å². The standard InChI is InChI=1S/C24H23N5O4/c30-23(17-8-13-21(22(16-17)29(32)33)28-14-4-5-15-28)25-19-9-11-20(12-10-19)27-24(31)26-18-6-2-1-3-7-18/h1-3,6-13,16H,4-5,14-15H2,(H,25,30)(H2,26,27,31). The molecule has 0 unspecified atom stereocenters. The van der Waals surface area contributed by atoms with E-state index in [2.05, 4.69) is 16.0 Å². The third kappa shape index (κ3) is 5.45. The fraction of sp³-hybridized carbons (Fsp3) is 0.167. The molecule has 3 N–H and O–H groups in total. The Kier molecular flexibility index (Phi) is 6.49. The van der Waals surface area contributed by atoms with Gasteiger partial charge in [0.25, 0.3) is 11.6 Å². The molecule has 1 heterocycles. The van der Waals surface area contributed by atoms with Crippen LogP contribution in [0.25, 0.3) is 0 Å². The molecular weight excluding hydrogens is 422 g/mol. The Bertz CT molecular complexity index is 1160. The van der Waals surface area contributed by atoms with Crippen molar-refractivity contribution in [1.29, 1.82) is 0 Å². The molecule has 3 aromatic carbocycles. The van der Waals surface area contributed by atoms with Gasteiger partial charge in [-0.15, -0.1) is 0 Å². The minimum Gasteiger partial charge on any atom is -0.366 e. The van der Waals surface area contributed by atoms with Crippen molar-refractivity contribution in [3.05, 3.63) is 88.5 Å². The molecule has 9 nitrogen and oxygen atoms in total. The molecule has 1 saturated heterocycles. The molecule has 33 heavy (non-hydrogen) atoms. The zero-order valence-electron chi connectivity index (χ0n) is 17.8. The second kappa shape index (κ2) is 9.82. The van der Waals surface area contributed by atoms with Gasteiger partial charge in [0.1, 0.15) is 5.69 Å². The summed E-state index contributed by atoms with van der Waals surface area (Å²) in [6, 6.07) is 19.8. The number of nitro groups is 1. The van der Waals surface area contributed by atoms with Crippen LogP contribution in [-0.2, 0) is 0 Å². The van der Waals surface area contributed by atoms with Gasteiger partial charge in [-0.25, -0.2) is 4.79 Å². The molecule has 0 saturated carbocycles. The summed E-state index contributed by atoms with van der Waals surface area (Å²) in [5.41, 5.74) is 2.39. The quantitative estimate of drug-likeness (QED) is 0.361. The Morgan fingerprint density at radius 1 is 0.788 bits per heavy atom.